The monoisotopic (exact) mass is 554 g/mol. The third-order valence-electron chi connectivity index (χ3n) is 5.35. The van der Waals surface area contributed by atoms with Gasteiger partial charge in [0, 0.05) is 17.2 Å². The number of carbonyl (C=O) groups is 1. The van der Waals surface area contributed by atoms with Crippen LogP contribution in [0.5, 0.6) is 5.75 Å². The molecule has 0 radical (unpaired) electrons. The first kappa shape index (κ1) is 29.1. The fraction of sp³-hybridized carbons (Fsp3) is 0.476. The Balaban J connectivity index is 1.95. The van der Waals surface area contributed by atoms with E-state index >= 15 is 0 Å². The number of para-hydroxylation sites is 1. The van der Waals surface area contributed by atoms with Gasteiger partial charge in [-0.2, -0.15) is 5.09 Å². The molecule has 2 aromatic rings. The third kappa shape index (κ3) is 6.31. The van der Waals surface area contributed by atoms with Gasteiger partial charge in [-0.1, -0.05) is 23.3 Å². The summed E-state index contributed by atoms with van der Waals surface area (Å²) in [6, 6.07) is 8.74. The van der Waals surface area contributed by atoms with Crippen molar-refractivity contribution in [1.29, 1.82) is 0 Å². The maximum atomic E-state index is 13.8. The highest BCUT2D eigenvalue weighted by Gasteiger charge is 2.56. The molecule has 38 heavy (non-hydrogen) atoms. The van der Waals surface area contributed by atoms with Gasteiger partial charge in [0.2, 0.25) is 5.72 Å². The molecule has 1 fully saturated rings. The number of H-pyrrole nitrogens is 1. The third-order valence-corrected chi connectivity index (χ3v) is 7.11. The van der Waals surface area contributed by atoms with E-state index in [-0.39, 0.29) is 12.4 Å². The highest BCUT2D eigenvalue weighted by molar-refractivity contribution is 7.52. The first-order valence-corrected chi connectivity index (χ1v) is 12.8. The molecule has 0 spiro atoms. The second kappa shape index (κ2) is 11.5. The Morgan fingerprint density at radius 1 is 1.32 bits per heavy atom. The number of hydrogen-bond acceptors (Lipinski definition) is 11. The van der Waals surface area contributed by atoms with E-state index in [2.05, 4.69) is 15.1 Å². The van der Waals surface area contributed by atoms with Crippen molar-refractivity contribution in [3.05, 3.63) is 73.9 Å². The summed E-state index contributed by atoms with van der Waals surface area (Å²) in [6.07, 6.45) is -4.49. The maximum Gasteiger partial charge on any atom is 0.459 e. The van der Waals surface area contributed by atoms with Crippen LogP contribution >= 0.6 is 7.75 Å². The number of aliphatic hydroxyl groups is 2. The van der Waals surface area contributed by atoms with E-state index in [4.69, 9.17) is 24.1 Å². The Morgan fingerprint density at radius 3 is 2.61 bits per heavy atom. The average Bonchev–Trinajstić information content (AvgIpc) is 3.09. The van der Waals surface area contributed by atoms with Gasteiger partial charge in [-0.05, 0) is 38.4 Å². The van der Waals surface area contributed by atoms with E-state index in [1.165, 1.54) is 26.0 Å². The molecule has 1 aliphatic rings. The minimum Gasteiger partial charge on any atom is -0.465 e. The minimum absolute atomic E-state index is 0.0398. The van der Waals surface area contributed by atoms with Crippen molar-refractivity contribution in [2.24, 2.45) is 5.11 Å². The van der Waals surface area contributed by atoms with E-state index < -0.39 is 61.3 Å². The van der Waals surface area contributed by atoms with Crippen LogP contribution in [0.25, 0.3) is 10.4 Å². The van der Waals surface area contributed by atoms with Crippen LogP contribution < -0.4 is 20.9 Å². The van der Waals surface area contributed by atoms with Crippen LogP contribution in [0.2, 0.25) is 0 Å². The molecule has 1 saturated heterocycles. The Labute approximate surface area is 215 Å². The van der Waals surface area contributed by atoms with Gasteiger partial charge in [0.25, 0.3) is 5.56 Å². The van der Waals surface area contributed by atoms with Crippen molar-refractivity contribution in [3.8, 4) is 5.75 Å². The lowest BCUT2D eigenvalue weighted by Crippen LogP contribution is -2.49. The zero-order chi connectivity index (χ0) is 28.1. The summed E-state index contributed by atoms with van der Waals surface area (Å²) >= 11 is 0. The average molecular weight is 554 g/mol. The predicted octanol–water partition coefficient (Wildman–Crippen LogP) is 0.929. The van der Waals surface area contributed by atoms with Crippen LogP contribution in [-0.2, 0) is 23.4 Å². The van der Waals surface area contributed by atoms with Crippen molar-refractivity contribution >= 4 is 13.7 Å². The van der Waals surface area contributed by atoms with E-state index in [1.807, 2.05) is 4.98 Å². The maximum absolute atomic E-state index is 13.8. The summed E-state index contributed by atoms with van der Waals surface area (Å²) in [5, 5.41) is 27.3. The molecule has 2 heterocycles. The molecule has 3 rings (SSSR count). The highest BCUT2D eigenvalue weighted by Crippen LogP contribution is 2.49. The Morgan fingerprint density at radius 2 is 2.00 bits per heavy atom. The molecule has 0 aliphatic carbocycles. The summed E-state index contributed by atoms with van der Waals surface area (Å²) in [5.41, 5.74) is 3.43. The number of aromatic amines is 1. The fourth-order valence-corrected chi connectivity index (χ4v) is 5.20. The van der Waals surface area contributed by atoms with Crippen LogP contribution in [0.3, 0.4) is 0 Å². The fourth-order valence-electron chi connectivity index (χ4n) is 3.51. The van der Waals surface area contributed by atoms with Crippen LogP contribution in [0.4, 0.5) is 0 Å². The SMILES string of the molecule is CCOC(=O)C(C)(C)NP(=O)(OC[C@@]1(N=[N+]=[N-])O[C@@H](n2ccc(=O)[nH]c2=O)[C@H](O)[C@@H]1O)Oc1ccccc1. The number of ether oxygens (including phenoxy) is 2. The Hall–Kier alpha value is -3.49. The molecule has 1 aromatic carbocycles. The van der Waals surface area contributed by atoms with Gasteiger partial charge < -0.3 is 24.2 Å². The number of nitrogens with zero attached hydrogens (tertiary/aromatic N) is 4. The van der Waals surface area contributed by atoms with Crippen molar-refractivity contribution in [2.75, 3.05) is 13.2 Å². The zero-order valence-electron chi connectivity index (χ0n) is 20.6. The first-order chi connectivity index (χ1) is 17.9. The number of rotatable bonds is 11. The van der Waals surface area contributed by atoms with Crippen molar-refractivity contribution in [1.82, 2.24) is 14.6 Å². The summed E-state index contributed by atoms with van der Waals surface area (Å²) < 4.78 is 36.2. The molecular weight excluding hydrogens is 527 g/mol. The summed E-state index contributed by atoms with van der Waals surface area (Å²) in [5.74, 6) is -0.707. The van der Waals surface area contributed by atoms with Gasteiger partial charge >= 0.3 is 19.4 Å². The van der Waals surface area contributed by atoms with Crippen molar-refractivity contribution in [3.63, 3.8) is 0 Å². The summed E-state index contributed by atoms with van der Waals surface area (Å²) in [6.45, 7) is 3.38. The number of nitrogens with one attached hydrogen (secondary N) is 2. The zero-order valence-corrected chi connectivity index (χ0v) is 21.5. The smallest absolute Gasteiger partial charge is 0.459 e. The second-order valence-corrected chi connectivity index (χ2v) is 10.3. The van der Waals surface area contributed by atoms with Gasteiger partial charge in [0.1, 0.15) is 23.5 Å². The number of benzene rings is 1. The Bertz CT molecular complexity index is 1360. The molecule has 1 aromatic heterocycles. The molecule has 17 heteroatoms. The van der Waals surface area contributed by atoms with E-state index in [9.17, 15) is 29.2 Å². The predicted molar refractivity (Wildman–Crippen MR) is 130 cm³/mol. The largest absolute Gasteiger partial charge is 0.465 e. The lowest BCUT2D eigenvalue weighted by Gasteiger charge is -2.32. The standard InChI is InChI=1S/C21H27N6O10P/c1-4-34-18(31)20(2,3)25-38(33,37-13-8-6-5-7-9-13)35-12-21(24-26-22)16(30)15(29)17(36-21)27-11-10-14(28)23-19(27)32/h5-11,15-17,29-30H,4,12H2,1-3H3,(H,25,33)(H,23,28,32)/t15-,16+,17-,21-,38?/m1/s1. The van der Waals surface area contributed by atoms with E-state index in [0.29, 0.717) is 0 Å². The molecule has 1 aliphatic heterocycles. The number of esters is 1. The number of carbonyl (C=O) groups excluding carboxylic acids is 1. The number of azide groups is 1. The van der Waals surface area contributed by atoms with Gasteiger partial charge in [-0.25, -0.2) is 9.36 Å². The number of hydrogen-bond donors (Lipinski definition) is 4. The van der Waals surface area contributed by atoms with Gasteiger partial charge in [0.05, 0.1) is 13.2 Å². The molecular formula is C21H27N6O10P. The van der Waals surface area contributed by atoms with Crippen LogP contribution in [0.15, 0.2) is 57.3 Å². The normalized spacial score (nSPS) is 24.7. The number of aliphatic hydroxyl groups excluding tert-OH is 2. The molecule has 0 amide bonds. The molecule has 206 valence electrons. The minimum atomic E-state index is -4.54. The van der Waals surface area contributed by atoms with Gasteiger partial charge in [-0.3, -0.25) is 23.7 Å². The van der Waals surface area contributed by atoms with Crippen LogP contribution in [0, 0.1) is 0 Å². The quantitative estimate of drug-likeness (QED) is 0.100. The first-order valence-electron chi connectivity index (χ1n) is 11.2. The number of aromatic nitrogens is 2. The van der Waals surface area contributed by atoms with Crippen molar-refractivity contribution < 1.29 is 38.1 Å². The van der Waals surface area contributed by atoms with E-state index in [1.54, 1.807) is 25.1 Å². The molecule has 0 saturated carbocycles. The van der Waals surface area contributed by atoms with Crippen LogP contribution in [0.1, 0.15) is 27.0 Å². The molecule has 4 N–H and O–H groups in total. The van der Waals surface area contributed by atoms with Crippen molar-refractivity contribution in [2.45, 2.75) is 50.5 Å². The lowest BCUT2D eigenvalue weighted by atomic mass is 10.1. The summed E-state index contributed by atoms with van der Waals surface area (Å²) in [4.78, 5) is 40.7. The molecule has 5 atom stereocenters. The highest BCUT2D eigenvalue weighted by atomic mass is 31.2. The summed E-state index contributed by atoms with van der Waals surface area (Å²) in [7, 11) is -4.54. The lowest BCUT2D eigenvalue weighted by molar-refractivity contribution is -0.149. The van der Waals surface area contributed by atoms with Crippen LogP contribution in [-0.4, -0.2) is 62.4 Å². The molecule has 16 nitrogen and oxygen atoms in total. The topological polar surface area (TPSA) is 227 Å². The van der Waals surface area contributed by atoms with E-state index in [0.717, 1.165) is 16.8 Å². The van der Waals surface area contributed by atoms with Gasteiger partial charge in [-0.15, -0.1) is 0 Å². The van der Waals surface area contributed by atoms with Gasteiger partial charge in [0.15, 0.2) is 6.23 Å². The molecule has 0 bridgehead atoms. The molecule has 1 unspecified atom stereocenters. The second-order valence-electron chi connectivity index (χ2n) is 8.63. The Kier molecular flexibility index (Phi) is 8.79.